The van der Waals surface area contributed by atoms with E-state index in [-0.39, 0.29) is 22.5 Å². The molecule has 1 amide bonds. The van der Waals surface area contributed by atoms with Crippen LogP contribution >= 0.6 is 11.6 Å². The SMILES string of the molecule is CC(C)[C@H](Nc1ccc(C(F)(F)F)cc1Cl)C(=O)NCc1ccncc1. The van der Waals surface area contributed by atoms with Crippen LogP contribution in [0.5, 0.6) is 0 Å². The van der Waals surface area contributed by atoms with Crippen LogP contribution in [0.3, 0.4) is 0 Å². The van der Waals surface area contributed by atoms with E-state index in [1.54, 1.807) is 24.5 Å². The Kier molecular flexibility index (Phi) is 6.47. The number of aromatic nitrogens is 1. The van der Waals surface area contributed by atoms with Gasteiger partial charge in [-0.2, -0.15) is 13.2 Å². The first kappa shape index (κ1) is 20.0. The van der Waals surface area contributed by atoms with Crippen molar-refractivity contribution >= 4 is 23.2 Å². The molecular weight excluding hydrogens is 367 g/mol. The number of benzene rings is 1. The van der Waals surface area contributed by atoms with Crippen molar-refractivity contribution in [1.82, 2.24) is 10.3 Å². The van der Waals surface area contributed by atoms with Gasteiger partial charge in [-0.1, -0.05) is 25.4 Å². The highest BCUT2D eigenvalue weighted by Crippen LogP contribution is 2.34. The van der Waals surface area contributed by atoms with Crippen LogP contribution in [0.15, 0.2) is 42.7 Å². The Morgan fingerprint density at radius 3 is 2.38 bits per heavy atom. The Labute approximate surface area is 154 Å². The summed E-state index contributed by atoms with van der Waals surface area (Å²) in [4.78, 5) is 16.4. The van der Waals surface area contributed by atoms with Gasteiger partial charge in [0.05, 0.1) is 16.3 Å². The summed E-state index contributed by atoms with van der Waals surface area (Å²) in [6.45, 7) is 4.00. The number of nitrogens with zero attached hydrogens (tertiary/aromatic N) is 1. The van der Waals surface area contributed by atoms with E-state index in [4.69, 9.17) is 11.6 Å². The van der Waals surface area contributed by atoms with Gasteiger partial charge in [0.15, 0.2) is 0 Å². The molecule has 0 radical (unpaired) electrons. The van der Waals surface area contributed by atoms with E-state index in [1.807, 2.05) is 13.8 Å². The van der Waals surface area contributed by atoms with Crippen LogP contribution in [0.25, 0.3) is 0 Å². The maximum atomic E-state index is 12.7. The van der Waals surface area contributed by atoms with Crippen LogP contribution < -0.4 is 10.6 Å². The largest absolute Gasteiger partial charge is 0.416 e. The van der Waals surface area contributed by atoms with Crippen LogP contribution in [0.4, 0.5) is 18.9 Å². The quantitative estimate of drug-likeness (QED) is 0.769. The Morgan fingerprint density at radius 2 is 1.85 bits per heavy atom. The van der Waals surface area contributed by atoms with Gasteiger partial charge < -0.3 is 10.6 Å². The summed E-state index contributed by atoms with van der Waals surface area (Å²) in [5.41, 5.74) is 0.331. The number of hydrogen-bond donors (Lipinski definition) is 2. The summed E-state index contributed by atoms with van der Waals surface area (Å²) >= 11 is 5.96. The van der Waals surface area contributed by atoms with E-state index in [2.05, 4.69) is 15.6 Å². The van der Waals surface area contributed by atoms with Crippen LogP contribution in [-0.2, 0) is 17.5 Å². The van der Waals surface area contributed by atoms with Gasteiger partial charge in [0.25, 0.3) is 0 Å². The summed E-state index contributed by atoms with van der Waals surface area (Å²) in [6.07, 6.45) is -1.22. The molecule has 2 rings (SSSR count). The topological polar surface area (TPSA) is 54.0 Å². The van der Waals surface area contributed by atoms with Crippen molar-refractivity contribution in [3.63, 3.8) is 0 Å². The van der Waals surface area contributed by atoms with Gasteiger partial charge in [0.1, 0.15) is 6.04 Å². The minimum Gasteiger partial charge on any atom is -0.372 e. The van der Waals surface area contributed by atoms with Crippen LogP contribution in [0, 0.1) is 5.92 Å². The molecule has 0 bridgehead atoms. The van der Waals surface area contributed by atoms with Gasteiger partial charge in [-0.25, -0.2) is 0 Å². The number of rotatable bonds is 6. The van der Waals surface area contributed by atoms with Crippen molar-refractivity contribution in [3.8, 4) is 0 Å². The number of alkyl halides is 3. The van der Waals surface area contributed by atoms with Crippen molar-refractivity contribution in [2.75, 3.05) is 5.32 Å². The van der Waals surface area contributed by atoms with Crippen molar-refractivity contribution in [3.05, 3.63) is 58.9 Å². The highest BCUT2D eigenvalue weighted by Gasteiger charge is 2.31. The lowest BCUT2D eigenvalue weighted by Crippen LogP contribution is -2.42. The van der Waals surface area contributed by atoms with Crippen LogP contribution in [-0.4, -0.2) is 16.9 Å². The second-order valence-electron chi connectivity index (χ2n) is 6.13. The standard InChI is InChI=1S/C18H19ClF3N3O/c1-11(2)16(17(26)24-10-12-5-7-23-8-6-12)25-15-4-3-13(9-14(15)19)18(20,21)22/h3-9,11,16,25H,10H2,1-2H3,(H,24,26)/t16-/m0/s1. The number of hydrogen-bond acceptors (Lipinski definition) is 3. The molecule has 1 aromatic carbocycles. The van der Waals surface area contributed by atoms with Crippen molar-refractivity contribution in [1.29, 1.82) is 0 Å². The first-order chi connectivity index (χ1) is 12.2. The molecule has 2 N–H and O–H groups in total. The van der Waals surface area contributed by atoms with E-state index >= 15 is 0 Å². The molecule has 26 heavy (non-hydrogen) atoms. The fourth-order valence-electron chi connectivity index (χ4n) is 2.31. The monoisotopic (exact) mass is 385 g/mol. The maximum absolute atomic E-state index is 12.7. The molecule has 0 saturated heterocycles. The number of pyridine rings is 1. The van der Waals surface area contributed by atoms with Crippen molar-refractivity contribution < 1.29 is 18.0 Å². The molecule has 1 atom stereocenters. The molecule has 0 saturated carbocycles. The zero-order valence-corrected chi connectivity index (χ0v) is 15.0. The first-order valence-corrected chi connectivity index (χ1v) is 8.36. The first-order valence-electron chi connectivity index (χ1n) is 7.98. The number of anilines is 1. The summed E-state index contributed by atoms with van der Waals surface area (Å²) in [5.74, 6) is -0.376. The molecule has 8 heteroatoms. The average Bonchev–Trinajstić information content (AvgIpc) is 2.58. The predicted octanol–water partition coefficient (Wildman–Crippen LogP) is 4.51. The van der Waals surface area contributed by atoms with E-state index in [1.165, 1.54) is 6.07 Å². The summed E-state index contributed by atoms with van der Waals surface area (Å²) in [6, 6.07) is 5.93. The minimum atomic E-state index is -4.47. The Bertz CT molecular complexity index is 751. The van der Waals surface area contributed by atoms with Gasteiger partial charge in [-0.3, -0.25) is 9.78 Å². The highest BCUT2D eigenvalue weighted by atomic mass is 35.5. The van der Waals surface area contributed by atoms with Gasteiger partial charge in [-0.15, -0.1) is 0 Å². The molecule has 4 nitrogen and oxygen atoms in total. The predicted molar refractivity (Wildman–Crippen MR) is 94.8 cm³/mol. The molecule has 0 spiro atoms. The molecular formula is C18H19ClF3N3O. The number of carbonyl (C=O) groups excluding carboxylic acids is 1. The molecule has 0 unspecified atom stereocenters. The lowest BCUT2D eigenvalue weighted by atomic mass is 10.0. The smallest absolute Gasteiger partial charge is 0.372 e. The minimum absolute atomic E-state index is 0.0904. The lowest BCUT2D eigenvalue weighted by molar-refractivity contribution is -0.137. The van der Waals surface area contributed by atoms with E-state index in [0.717, 1.165) is 17.7 Å². The van der Waals surface area contributed by atoms with Crippen LogP contribution in [0.1, 0.15) is 25.0 Å². The fraction of sp³-hybridized carbons (Fsp3) is 0.333. The molecule has 1 aromatic heterocycles. The van der Waals surface area contributed by atoms with E-state index in [9.17, 15) is 18.0 Å². The van der Waals surface area contributed by atoms with E-state index in [0.29, 0.717) is 6.54 Å². The summed E-state index contributed by atoms with van der Waals surface area (Å²) < 4.78 is 38.2. The molecule has 140 valence electrons. The lowest BCUT2D eigenvalue weighted by Gasteiger charge is -2.23. The van der Waals surface area contributed by atoms with Gasteiger partial charge in [-0.05, 0) is 41.8 Å². The molecule has 0 aliphatic rings. The zero-order valence-electron chi connectivity index (χ0n) is 14.3. The Hall–Kier alpha value is -2.28. The van der Waals surface area contributed by atoms with Gasteiger partial charge in [0.2, 0.25) is 5.91 Å². The summed E-state index contributed by atoms with van der Waals surface area (Å²) in [5, 5.41) is 5.65. The van der Waals surface area contributed by atoms with E-state index < -0.39 is 17.8 Å². The van der Waals surface area contributed by atoms with Crippen LogP contribution in [0.2, 0.25) is 5.02 Å². The van der Waals surface area contributed by atoms with Gasteiger partial charge in [0, 0.05) is 18.9 Å². The number of halogens is 4. The molecule has 1 heterocycles. The molecule has 0 aliphatic heterocycles. The second-order valence-corrected chi connectivity index (χ2v) is 6.54. The maximum Gasteiger partial charge on any atom is 0.416 e. The van der Waals surface area contributed by atoms with Crippen molar-refractivity contribution in [2.24, 2.45) is 5.92 Å². The number of amides is 1. The molecule has 0 fully saturated rings. The third-order valence-electron chi connectivity index (χ3n) is 3.77. The second kappa shape index (κ2) is 8.40. The summed E-state index contributed by atoms with van der Waals surface area (Å²) in [7, 11) is 0. The molecule has 2 aromatic rings. The number of nitrogens with one attached hydrogen (secondary N) is 2. The third kappa shape index (κ3) is 5.36. The fourth-order valence-corrected chi connectivity index (χ4v) is 2.55. The highest BCUT2D eigenvalue weighted by molar-refractivity contribution is 6.33. The zero-order chi connectivity index (χ0) is 19.3. The molecule has 0 aliphatic carbocycles. The Balaban J connectivity index is 2.09. The van der Waals surface area contributed by atoms with Crippen molar-refractivity contribution in [2.45, 2.75) is 32.6 Å². The van der Waals surface area contributed by atoms with Gasteiger partial charge >= 0.3 is 6.18 Å². The Morgan fingerprint density at radius 1 is 1.19 bits per heavy atom. The average molecular weight is 386 g/mol. The number of carbonyl (C=O) groups is 1. The normalized spacial score (nSPS) is 12.7. The third-order valence-corrected chi connectivity index (χ3v) is 4.09.